The van der Waals surface area contributed by atoms with Crippen LogP contribution >= 0.6 is 0 Å². The minimum Gasteiger partial charge on any atom is -0.367 e. The van der Waals surface area contributed by atoms with E-state index in [2.05, 4.69) is 73.5 Å². The number of pyridine rings is 1. The van der Waals surface area contributed by atoms with Gasteiger partial charge in [0.2, 0.25) is 0 Å². The molecule has 2 aliphatic heterocycles. The fraction of sp³-hybridized carbons (Fsp3) is 0.483. The van der Waals surface area contributed by atoms with Crippen LogP contribution in [0, 0.1) is 17.3 Å². The summed E-state index contributed by atoms with van der Waals surface area (Å²) < 4.78 is 7.07. The van der Waals surface area contributed by atoms with Crippen molar-refractivity contribution in [3.05, 3.63) is 78.2 Å². The molecular formula is C29H33NO. The average molecular weight is 412 g/mol. The van der Waals surface area contributed by atoms with E-state index in [0.717, 1.165) is 12.8 Å². The SMILES string of the molecule is CC1C=CC2=CC=CCC3(C)C(c4ccc5ccncc5c4)CCC3C3CCC2(C1)O3. The predicted molar refractivity (Wildman–Crippen MR) is 127 cm³/mol. The molecule has 2 aliphatic carbocycles. The fourth-order valence-electron chi connectivity index (χ4n) is 7.29. The molecular weight excluding hydrogens is 378 g/mol. The first-order chi connectivity index (χ1) is 15.1. The van der Waals surface area contributed by atoms with Crippen LogP contribution in [-0.2, 0) is 4.74 Å². The molecule has 0 radical (unpaired) electrons. The lowest BCUT2D eigenvalue weighted by Gasteiger charge is -2.42. The van der Waals surface area contributed by atoms with Gasteiger partial charge in [-0.05, 0) is 90.3 Å². The quantitative estimate of drug-likeness (QED) is 0.498. The molecule has 2 fully saturated rings. The molecule has 1 spiro atoms. The number of fused-ring (bicyclic) bond motifs is 4. The molecule has 6 rings (SSSR count). The molecule has 160 valence electrons. The minimum atomic E-state index is -0.0614. The molecule has 0 amide bonds. The van der Waals surface area contributed by atoms with Gasteiger partial charge < -0.3 is 4.74 Å². The molecule has 2 heteroatoms. The van der Waals surface area contributed by atoms with E-state index in [-0.39, 0.29) is 11.0 Å². The van der Waals surface area contributed by atoms with Gasteiger partial charge in [-0.3, -0.25) is 4.98 Å². The summed E-state index contributed by atoms with van der Waals surface area (Å²) in [7, 11) is 0. The highest BCUT2D eigenvalue weighted by molar-refractivity contribution is 5.82. The van der Waals surface area contributed by atoms with Crippen LogP contribution in [0.4, 0.5) is 0 Å². The number of ether oxygens (including phenoxy) is 1. The zero-order chi connectivity index (χ0) is 21.1. The Labute approximate surface area is 186 Å². The highest BCUT2D eigenvalue weighted by atomic mass is 16.5. The van der Waals surface area contributed by atoms with Crippen LogP contribution in [0.15, 0.2) is 72.6 Å². The van der Waals surface area contributed by atoms with Gasteiger partial charge in [0.25, 0.3) is 0 Å². The van der Waals surface area contributed by atoms with Crippen molar-refractivity contribution in [1.29, 1.82) is 0 Å². The Kier molecular flexibility index (Phi) is 4.51. The van der Waals surface area contributed by atoms with Gasteiger partial charge in [-0.2, -0.15) is 0 Å². The second-order valence-electron chi connectivity index (χ2n) is 10.7. The minimum absolute atomic E-state index is 0.0614. The van der Waals surface area contributed by atoms with Crippen molar-refractivity contribution in [2.75, 3.05) is 0 Å². The van der Waals surface area contributed by atoms with E-state index in [1.165, 1.54) is 47.6 Å². The van der Waals surface area contributed by atoms with E-state index in [4.69, 9.17) is 4.74 Å². The van der Waals surface area contributed by atoms with Crippen molar-refractivity contribution in [3.63, 3.8) is 0 Å². The van der Waals surface area contributed by atoms with Crippen LogP contribution in [0.2, 0.25) is 0 Å². The second-order valence-corrected chi connectivity index (χ2v) is 10.7. The molecule has 6 unspecified atom stereocenters. The third-order valence-electron chi connectivity index (χ3n) is 8.89. The Morgan fingerprint density at radius 1 is 1.10 bits per heavy atom. The van der Waals surface area contributed by atoms with Crippen LogP contribution in [-0.4, -0.2) is 16.7 Å². The van der Waals surface area contributed by atoms with Gasteiger partial charge in [0.15, 0.2) is 0 Å². The van der Waals surface area contributed by atoms with Crippen molar-refractivity contribution in [2.24, 2.45) is 17.3 Å². The smallest absolute Gasteiger partial charge is 0.0941 e. The van der Waals surface area contributed by atoms with Crippen LogP contribution in [0.1, 0.15) is 63.9 Å². The molecule has 3 heterocycles. The fourth-order valence-corrected chi connectivity index (χ4v) is 7.29. The van der Waals surface area contributed by atoms with Crippen molar-refractivity contribution >= 4 is 10.8 Å². The van der Waals surface area contributed by atoms with E-state index >= 15 is 0 Å². The van der Waals surface area contributed by atoms with Gasteiger partial charge in [-0.1, -0.05) is 56.4 Å². The maximum absolute atomic E-state index is 7.07. The third kappa shape index (κ3) is 3.06. The summed E-state index contributed by atoms with van der Waals surface area (Å²) in [5.74, 6) is 1.78. The van der Waals surface area contributed by atoms with Crippen molar-refractivity contribution in [2.45, 2.75) is 70.0 Å². The first-order valence-corrected chi connectivity index (χ1v) is 12.1. The molecule has 0 N–H and O–H groups in total. The molecule has 1 aromatic heterocycles. The molecule has 1 aromatic carbocycles. The molecule has 6 atom stereocenters. The summed E-state index contributed by atoms with van der Waals surface area (Å²) in [5, 5.41) is 2.54. The third-order valence-corrected chi connectivity index (χ3v) is 8.89. The predicted octanol–water partition coefficient (Wildman–Crippen LogP) is 7.13. The molecule has 1 saturated carbocycles. The normalized spacial score (nSPS) is 39.2. The number of hydrogen-bond donors (Lipinski definition) is 0. The van der Waals surface area contributed by atoms with Gasteiger partial charge in [0.05, 0.1) is 11.7 Å². The van der Waals surface area contributed by atoms with Gasteiger partial charge in [0, 0.05) is 17.8 Å². The lowest BCUT2D eigenvalue weighted by molar-refractivity contribution is -0.0700. The Hall–Kier alpha value is -2.19. The molecule has 2 bridgehead atoms. The number of allylic oxidation sites excluding steroid dienone is 4. The number of hydrogen-bond acceptors (Lipinski definition) is 2. The topological polar surface area (TPSA) is 22.1 Å². The van der Waals surface area contributed by atoms with Crippen LogP contribution in [0.3, 0.4) is 0 Å². The highest BCUT2D eigenvalue weighted by Gasteiger charge is 2.54. The Bertz CT molecular complexity index is 1100. The maximum Gasteiger partial charge on any atom is 0.0941 e. The standard InChI is InChI=1S/C29H33NO/c1-20-6-9-24-5-3-4-14-28(2)25(22-8-7-21-13-16-30-19-23(21)17-22)10-11-26(28)27-12-15-29(24,18-20)31-27/h3-9,13,16-17,19-20,25-27H,10-12,14-15,18H2,1-2H3. The van der Waals surface area contributed by atoms with E-state index in [0.29, 0.717) is 23.9 Å². The van der Waals surface area contributed by atoms with E-state index in [9.17, 15) is 0 Å². The maximum atomic E-state index is 7.07. The molecule has 4 aliphatic rings. The number of aromatic nitrogens is 1. The number of nitrogens with zero attached hydrogens (tertiary/aromatic N) is 1. The Morgan fingerprint density at radius 2 is 2.03 bits per heavy atom. The summed E-state index contributed by atoms with van der Waals surface area (Å²) in [6, 6.07) is 9.16. The lowest BCUT2D eigenvalue weighted by atomic mass is 9.67. The number of rotatable bonds is 1. The van der Waals surface area contributed by atoms with E-state index in [1.807, 2.05) is 12.4 Å². The largest absolute Gasteiger partial charge is 0.367 e. The van der Waals surface area contributed by atoms with Gasteiger partial charge >= 0.3 is 0 Å². The summed E-state index contributed by atoms with van der Waals surface area (Å²) in [6.07, 6.45) is 23.2. The second kappa shape index (κ2) is 7.17. The summed E-state index contributed by atoms with van der Waals surface area (Å²) in [6.45, 7) is 4.87. The first kappa shape index (κ1) is 19.5. The van der Waals surface area contributed by atoms with Gasteiger partial charge in [0.1, 0.15) is 0 Å². The van der Waals surface area contributed by atoms with Crippen molar-refractivity contribution in [3.8, 4) is 0 Å². The van der Waals surface area contributed by atoms with Gasteiger partial charge in [-0.15, -0.1) is 0 Å². The summed E-state index contributed by atoms with van der Waals surface area (Å²) in [5.41, 5.74) is 3.04. The monoisotopic (exact) mass is 411 g/mol. The van der Waals surface area contributed by atoms with Gasteiger partial charge in [-0.25, -0.2) is 0 Å². The molecule has 2 aromatic rings. The zero-order valence-electron chi connectivity index (χ0n) is 18.8. The van der Waals surface area contributed by atoms with Crippen molar-refractivity contribution in [1.82, 2.24) is 4.98 Å². The van der Waals surface area contributed by atoms with E-state index < -0.39 is 0 Å². The van der Waals surface area contributed by atoms with Crippen LogP contribution in [0.25, 0.3) is 10.8 Å². The average Bonchev–Trinajstić information content (AvgIpc) is 3.33. The van der Waals surface area contributed by atoms with Crippen molar-refractivity contribution < 1.29 is 4.74 Å². The molecule has 2 nitrogen and oxygen atoms in total. The zero-order valence-corrected chi connectivity index (χ0v) is 18.8. The van der Waals surface area contributed by atoms with E-state index in [1.54, 1.807) is 0 Å². The first-order valence-electron chi connectivity index (χ1n) is 12.1. The summed E-state index contributed by atoms with van der Waals surface area (Å²) >= 11 is 0. The molecule has 31 heavy (non-hydrogen) atoms. The summed E-state index contributed by atoms with van der Waals surface area (Å²) in [4.78, 5) is 4.36. The van der Waals surface area contributed by atoms with Crippen LogP contribution < -0.4 is 0 Å². The number of benzene rings is 1. The highest BCUT2D eigenvalue weighted by Crippen LogP contribution is 2.60. The Balaban J connectivity index is 1.39. The van der Waals surface area contributed by atoms with Crippen LogP contribution in [0.5, 0.6) is 0 Å². The lowest BCUT2D eigenvalue weighted by Crippen LogP contribution is -2.40. The Morgan fingerprint density at radius 3 is 2.97 bits per heavy atom. The molecule has 1 saturated heterocycles.